The van der Waals surface area contributed by atoms with E-state index in [1.165, 1.54) is 5.38 Å². The number of carbonyl (C=O) groups is 1. The molecule has 0 aliphatic carbocycles. The standard InChI is InChI=1S/C12H10BrNO4S2/c13-9-3-1-8(2-4-9)6-14-20(17,18)10-5-11(12(15)16)19-7-10/h1-5,7,14H,6H2,(H,15,16). The highest BCUT2D eigenvalue weighted by molar-refractivity contribution is 9.10. The van der Waals surface area contributed by atoms with Gasteiger partial charge in [0, 0.05) is 16.4 Å². The van der Waals surface area contributed by atoms with Crippen LogP contribution in [0.3, 0.4) is 0 Å². The van der Waals surface area contributed by atoms with Crippen molar-refractivity contribution < 1.29 is 18.3 Å². The maximum absolute atomic E-state index is 12.0. The van der Waals surface area contributed by atoms with Crippen LogP contribution in [0.25, 0.3) is 0 Å². The summed E-state index contributed by atoms with van der Waals surface area (Å²) in [4.78, 5) is 10.7. The molecule has 0 aliphatic rings. The monoisotopic (exact) mass is 375 g/mol. The summed E-state index contributed by atoms with van der Waals surface area (Å²) in [6.07, 6.45) is 0. The van der Waals surface area contributed by atoms with Crippen LogP contribution < -0.4 is 4.72 Å². The van der Waals surface area contributed by atoms with E-state index >= 15 is 0 Å². The zero-order valence-electron chi connectivity index (χ0n) is 10.0. The van der Waals surface area contributed by atoms with Gasteiger partial charge in [0.05, 0.1) is 4.90 Å². The van der Waals surface area contributed by atoms with E-state index in [0.29, 0.717) is 0 Å². The molecule has 1 aromatic heterocycles. The quantitative estimate of drug-likeness (QED) is 0.841. The van der Waals surface area contributed by atoms with Crippen molar-refractivity contribution in [2.24, 2.45) is 0 Å². The van der Waals surface area contributed by atoms with Gasteiger partial charge in [0.25, 0.3) is 0 Å². The lowest BCUT2D eigenvalue weighted by molar-refractivity contribution is 0.0702. The van der Waals surface area contributed by atoms with Crippen molar-refractivity contribution in [3.05, 3.63) is 50.6 Å². The van der Waals surface area contributed by atoms with Crippen molar-refractivity contribution in [3.63, 3.8) is 0 Å². The van der Waals surface area contributed by atoms with E-state index in [1.54, 1.807) is 12.1 Å². The zero-order chi connectivity index (χ0) is 14.8. The van der Waals surface area contributed by atoms with Gasteiger partial charge in [-0.1, -0.05) is 28.1 Å². The topological polar surface area (TPSA) is 83.5 Å². The average molecular weight is 376 g/mol. The molecule has 20 heavy (non-hydrogen) atoms. The van der Waals surface area contributed by atoms with Gasteiger partial charge in [-0.05, 0) is 23.8 Å². The maximum atomic E-state index is 12.0. The van der Waals surface area contributed by atoms with Gasteiger partial charge in [0.2, 0.25) is 10.0 Å². The van der Waals surface area contributed by atoms with Crippen LogP contribution in [-0.4, -0.2) is 19.5 Å². The Hall–Kier alpha value is -1.22. The third-order valence-electron chi connectivity index (χ3n) is 2.48. The molecule has 8 heteroatoms. The summed E-state index contributed by atoms with van der Waals surface area (Å²) in [7, 11) is -3.70. The third-order valence-corrected chi connectivity index (χ3v) is 5.45. The highest BCUT2D eigenvalue weighted by atomic mass is 79.9. The molecule has 2 N–H and O–H groups in total. The number of benzene rings is 1. The first-order valence-corrected chi connectivity index (χ1v) is 8.60. The molecular weight excluding hydrogens is 366 g/mol. The fourth-order valence-electron chi connectivity index (χ4n) is 1.44. The number of sulfonamides is 1. The molecule has 0 fully saturated rings. The lowest BCUT2D eigenvalue weighted by atomic mass is 10.2. The number of thiophene rings is 1. The Morgan fingerprint density at radius 1 is 1.30 bits per heavy atom. The first kappa shape index (κ1) is 15.2. The number of carboxylic acid groups (broad SMARTS) is 1. The predicted octanol–water partition coefficient (Wildman–Crippen LogP) is 2.69. The molecule has 0 unspecified atom stereocenters. The van der Waals surface area contributed by atoms with Crippen molar-refractivity contribution in [2.45, 2.75) is 11.4 Å². The predicted molar refractivity (Wildman–Crippen MR) is 79.4 cm³/mol. The van der Waals surface area contributed by atoms with Gasteiger partial charge in [0.15, 0.2) is 0 Å². The first-order valence-electron chi connectivity index (χ1n) is 5.44. The van der Waals surface area contributed by atoms with Gasteiger partial charge in [0.1, 0.15) is 4.88 Å². The maximum Gasteiger partial charge on any atom is 0.345 e. The smallest absolute Gasteiger partial charge is 0.345 e. The van der Waals surface area contributed by atoms with Crippen LogP contribution in [-0.2, 0) is 16.6 Å². The zero-order valence-corrected chi connectivity index (χ0v) is 13.3. The van der Waals surface area contributed by atoms with Crippen molar-refractivity contribution in [1.82, 2.24) is 4.72 Å². The van der Waals surface area contributed by atoms with E-state index in [1.807, 2.05) is 12.1 Å². The second-order valence-electron chi connectivity index (χ2n) is 3.90. The van der Waals surface area contributed by atoms with E-state index in [2.05, 4.69) is 20.7 Å². The lowest BCUT2D eigenvalue weighted by Crippen LogP contribution is -2.22. The first-order chi connectivity index (χ1) is 9.38. The van der Waals surface area contributed by atoms with Crippen molar-refractivity contribution in [3.8, 4) is 0 Å². The highest BCUT2D eigenvalue weighted by Crippen LogP contribution is 2.19. The van der Waals surface area contributed by atoms with Crippen molar-refractivity contribution >= 4 is 43.3 Å². The number of rotatable bonds is 5. The van der Waals surface area contributed by atoms with Crippen LogP contribution >= 0.6 is 27.3 Å². The van der Waals surface area contributed by atoms with Gasteiger partial charge >= 0.3 is 5.97 Å². The second kappa shape index (κ2) is 6.04. The summed E-state index contributed by atoms with van der Waals surface area (Å²) in [5.74, 6) is -1.13. The van der Waals surface area contributed by atoms with E-state index in [0.717, 1.165) is 27.4 Å². The van der Waals surface area contributed by atoms with Crippen LogP contribution in [0.5, 0.6) is 0 Å². The van der Waals surface area contributed by atoms with Crippen LogP contribution in [0.1, 0.15) is 15.2 Å². The lowest BCUT2D eigenvalue weighted by Gasteiger charge is -2.05. The van der Waals surface area contributed by atoms with Gasteiger partial charge < -0.3 is 5.11 Å². The molecule has 2 aromatic rings. The fraction of sp³-hybridized carbons (Fsp3) is 0.0833. The minimum absolute atomic E-state index is 0.00554. The van der Waals surface area contributed by atoms with E-state index in [4.69, 9.17) is 5.11 Å². The van der Waals surface area contributed by atoms with Gasteiger partial charge in [-0.15, -0.1) is 11.3 Å². The Balaban J connectivity index is 2.10. The molecule has 106 valence electrons. The Kier molecular flexibility index (Phi) is 4.59. The number of carboxylic acids is 1. The molecule has 2 rings (SSSR count). The van der Waals surface area contributed by atoms with Gasteiger partial charge in [-0.25, -0.2) is 17.9 Å². The number of hydrogen-bond acceptors (Lipinski definition) is 4. The molecule has 0 saturated carbocycles. The number of nitrogens with one attached hydrogen (secondary N) is 1. The van der Waals surface area contributed by atoms with Gasteiger partial charge in [-0.3, -0.25) is 0 Å². The molecule has 0 aliphatic heterocycles. The normalized spacial score (nSPS) is 11.4. The fourth-order valence-corrected chi connectivity index (χ4v) is 3.83. The molecule has 5 nitrogen and oxygen atoms in total. The molecule has 0 spiro atoms. The van der Waals surface area contributed by atoms with Crippen molar-refractivity contribution in [1.29, 1.82) is 0 Å². The van der Waals surface area contributed by atoms with Crippen LogP contribution in [0.15, 0.2) is 45.1 Å². The van der Waals surface area contributed by atoms with E-state index in [-0.39, 0.29) is 16.3 Å². The average Bonchev–Trinajstić information content (AvgIpc) is 2.89. The van der Waals surface area contributed by atoms with Crippen LogP contribution in [0.2, 0.25) is 0 Å². The summed E-state index contributed by atoms with van der Waals surface area (Å²) in [5, 5.41) is 10.1. The number of aromatic carboxylic acids is 1. The molecule has 1 heterocycles. The molecule has 1 aromatic carbocycles. The minimum atomic E-state index is -3.70. The molecule has 0 bridgehead atoms. The van der Waals surface area contributed by atoms with Crippen LogP contribution in [0.4, 0.5) is 0 Å². The number of halogens is 1. The Labute approximate surface area is 128 Å². The Morgan fingerprint density at radius 2 is 1.95 bits per heavy atom. The van der Waals surface area contributed by atoms with Crippen molar-refractivity contribution in [2.75, 3.05) is 0 Å². The summed E-state index contributed by atoms with van der Waals surface area (Å²) < 4.78 is 27.3. The Bertz CT molecular complexity index is 722. The Morgan fingerprint density at radius 3 is 2.50 bits per heavy atom. The number of hydrogen-bond donors (Lipinski definition) is 2. The summed E-state index contributed by atoms with van der Waals surface area (Å²) in [5.41, 5.74) is 0.811. The second-order valence-corrected chi connectivity index (χ2v) is 7.50. The summed E-state index contributed by atoms with van der Waals surface area (Å²) in [6, 6.07) is 8.37. The highest BCUT2D eigenvalue weighted by Gasteiger charge is 2.18. The third kappa shape index (κ3) is 3.66. The molecule has 0 saturated heterocycles. The molecule has 0 amide bonds. The molecule has 0 atom stereocenters. The summed E-state index contributed by atoms with van der Waals surface area (Å²) >= 11 is 4.18. The van der Waals surface area contributed by atoms with Gasteiger partial charge in [-0.2, -0.15) is 0 Å². The molecule has 0 radical (unpaired) electrons. The SMILES string of the molecule is O=C(O)c1cc(S(=O)(=O)NCc2ccc(Br)cc2)cs1. The summed E-state index contributed by atoms with van der Waals surface area (Å²) in [6.45, 7) is 0.147. The minimum Gasteiger partial charge on any atom is -0.477 e. The van der Waals surface area contributed by atoms with E-state index in [9.17, 15) is 13.2 Å². The van der Waals surface area contributed by atoms with Crippen LogP contribution in [0, 0.1) is 0 Å². The largest absolute Gasteiger partial charge is 0.477 e. The van der Waals surface area contributed by atoms with E-state index < -0.39 is 16.0 Å². The molecular formula is C12H10BrNO4S2.